The number of fused-ring (bicyclic) bond motifs is 1. The van der Waals surface area contributed by atoms with E-state index < -0.39 is 0 Å². The van der Waals surface area contributed by atoms with Crippen LogP contribution in [0, 0.1) is 0 Å². The first kappa shape index (κ1) is 7.53. The Morgan fingerprint density at radius 2 is 1.91 bits per heavy atom. The van der Waals surface area contributed by atoms with Gasteiger partial charge in [-0.05, 0) is 38.8 Å². The van der Waals surface area contributed by atoms with Crippen molar-refractivity contribution in [3.8, 4) is 0 Å². The average Bonchev–Trinajstić information content (AvgIpc) is 2.45. The molecule has 0 atom stereocenters. The zero-order valence-electron chi connectivity index (χ0n) is 6.88. The van der Waals surface area contributed by atoms with Gasteiger partial charge >= 0.3 is 0 Å². The predicted molar refractivity (Wildman–Crippen MR) is 42.9 cm³/mol. The summed E-state index contributed by atoms with van der Waals surface area (Å²) >= 11 is 0. The lowest BCUT2D eigenvalue weighted by Gasteiger charge is -2.30. The van der Waals surface area contributed by atoms with E-state index in [9.17, 15) is 0 Å². The van der Waals surface area contributed by atoms with Crippen molar-refractivity contribution in [2.75, 3.05) is 19.7 Å². The van der Waals surface area contributed by atoms with E-state index in [0.29, 0.717) is 5.54 Å². The Morgan fingerprint density at radius 1 is 1.27 bits per heavy atom. The van der Waals surface area contributed by atoms with Crippen molar-refractivity contribution >= 4 is 0 Å². The van der Waals surface area contributed by atoms with E-state index in [1.807, 2.05) is 0 Å². The standard InChI is InChI=1S/C8H16N2O/c9-11-7-8-3-1-5-10(8)6-2-4-8/h1-7,9H2. The highest BCUT2D eigenvalue weighted by Crippen LogP contribution is 2.38. The zero-order valence-corrected chi connectivity index (χ0v) is 6.88. The third kappa shape index (κ3) is 1.08. The Hall–Kier alpha value is -0.120. The van der Waals surface area contributed by atoms with Crippen LogP contribution in [0.2, 0.25) is 0 Å². The van der Waals surface area contributed by atoms with E-state index >= 15 is 0 Å². The summed E-state index contributed by atoms with van der Waals surface area (Å²) < 4.78 is 0. The van der Waals surface area contributed by atoms with Gasteiger partial charge < -0.3 is 4.84 Å². The molecule has 2 N–H and O–H groups in total. The van der Waals surface area contributed by atoms with Gasteiger partial charge in [0.15, 0.2) is 0 Å². The SMILES string of the molecule is NOCC12CCCN1CCC2. The van der Waals surface area contributed by atoms with E-state index in [-0.39, 0.29) is 0 Å². The molecule has 2 heterocycles. The van der Waals surface area contributed by atoms with E-state index in [1.54, 1.807) is 0 Å². The molecule has 0 radical (unpaired) electrons. The fourth-order valence-electron chi connectivity index (χ4n) is 2.62. The van der Waals surface area contributed by atoms with Crippen LogP contribution in [0.15, 0.2) is 0 Å². The highest BCUT2D eigenvalue weighted by molar-refractivity contribution is 4.99. The van der Waals surface area contributed by atoms with Crippen molar-refractivity contribution in [2.45, 2.75) is 31.2 Å². The van der Waals surface area contributed by atoms with E-state index in [4.69, 9.17) is 10.7 Å². The van der Waals surface area contributed by atoms with Gasteiger partial charge in [-0.1, -0.05) is 0 Å². The summed E-state index contributed by atoms with van der Waals surface area (Å²) in [6.07, 6.45) is 5.21. The van der Waals surface area contributed by atoms with Gasteiger partial charge in [-0.25, -0.2) is 5.90 Å². The molecule has 0 saturated carbocycles. The first-order valence-electron chi connectivity index (χ1n) is 4.44. The van der Waals surface area contributed by atoms with Crippen LogP contribution in [-0.4, -0.2) is 30.1 Å². The zero-order chi connectivity index (χ0) is 7.73. The Balaban J connectivity index is 2.07. The maximum absolute atomic E-state index is 5.13. The average molecular weight is 156 g/mol. The molecule has 3 nitrogen and oxygen atoms in total. The molecule has 0 unspecified atom stereocenters. The normalized spacial score (nSPS) is 29.2. The molecule has 64 valence electrons. The monoisotopic (exact) mass is 156 g/mol. The first-order chi connectivity index (χ1) is 5.37. The summed E-state index contributed by atoms with van der Waals surface area (Å²) in [4.78, 5) is 7.33. The molecule has 0 bridgehead atoms. The second kappa shape index (κ2) is 2.73. The Kier molecular flexibility index (Phi) is 1.87. The van der Waals surface area contributed by atoms with E-state index in [0.717, 1.165) is 6.61 Å². The number of hydrogen-bond donors (Lipinski definition) is 1. The molecular weight excluding hydrogens is 140 g/mol. The van der Waals surface area contributed by atoms with Gasteiger partial charge in [-0.15, -0.1) is 0 Å². The van der Waals surface area contributed by atoms with Gasteiger partial charge in [0.25, 0.3) is 0 Å². The van der Waals surface area contributed by atoms with Crippen molar-refractivity contribution in [3.63, 3.8) is 0 Å². The second-order valence-electron chi connectivity index (χ2n) is 3.73. The minimum absolute atomic E-state index is 0.342. The number of nitrogens with two attached hydrogens (primary N) is 1. The largest absolute Gasteiger partial charge is 0.303 e. The third-order valence-corrected chi connectivity index (χ3v) is 3.16. The molecule has 0 aromatic heterocycles. The van der Waals surface area contributed by atoms with Crippen LogP contribution in [-0.2, 0) is 4.84 Å². The minimum atomic E-state index is 0.342. The molecule has 0 aromatic carbocycles. The van der Waals surface area contributed by atoms with Gasteiger partial charge in [0.1, 0.15) is 0 Å². The van der Waals surface area contributed by atoms with Gasteiger partial charge in [0.2, 0.25) is 0 Å². The molecule has 2 rings (SSSR count). The van der Waals surface area contributed by atoms with Crippen molar-refractivity contribution in [2.24, 2.45) is 5.90 Å². The van der Waals surface area contributed by atoms with Crippen LogP contribution >= 0.6 is 0 Å². The topological polar surface area (TPSA) is 38.5 Å². The summed E-state index contributed by atoms with van der Waals surface area (Å²) in [6.45, 7) is 3.24. The highest BCUT2D eigenvalue weighted by Gasteiger charge is 2.44. The lowest BCUT2D eigenvalue weighted by molar-refractivity contribution is 0.0352. The Morgan fingerprint density at radius 3 is 2.45 bits per heavy atom. The Labute approximate surface area is 67.4 Å². The molecule has 2 saturated heterocycles. The molecule has 2 fully saturated rings. The first-order valence-corrected chi connectivity index (χ1v) is 4.44. The number of rotatable bonds is 2. The molecule has 0 amide bonds. The van der Waals surface area contributed by atoms with Gasteiger partial charge in [0, 0.05) is 5.54 Å². The van der Waals surface area contributed by atoms with Crippen LogP contribution in [0.4, 0.5) is 0 Å². The lowest BCUT2D eigenvalue weighted by atomic mass is 9.95. The number of nitrogens with zero attached hydrogens (tertiary/aromatic N) is 1. The molecule has 0 aromatic rings. The number of hydrogen-bond acceptors (Lipinski definition) is 3. The van der Waals surface area contributed by atoms with Crippen LogP contribution in [0.5, 0.6) is 0 Å². The third-order valence-electron chi connectivity index (χ3n) is 3.16. The molecule has 3 heteroatoms. The van der Waals surface area contributed by atoms with Crippen LogP contribution in [0.1, 0.15) is 25.7 Å². The molecule has 2 aliphatic rings. The minimum Gasteiger partial charge on any atom is -0.303 e. The molecule has 2 aliphatic heterocycles. The molecule has 0 aliphatic carbocycles. The lowest BCUT2D eigenvalue weighted by Crippen LogP contribution is -2.43. The summed E-state index contributed by atoms with van der Waals surface area (Å²) in [7, 11) is 0. The van der Waals surface area contributed by atoms with Crippen molar-refractivity contribution in [3.05, 3.63) is 0 Å². The van der Waals surface area contributed by atoms with E-state index in [1.165, 1.54) is 38.8 Å². The van der Waals surface area contributed by atoms with Gasteiger partial charge in [-0.3, -0.25) is 4.90 Å². The van der Waals surface area contributed by atoms with Crippen LogP contribution < -0.4 is 5.90 Å². The molecule has 0 spiro atoms. The predicted octanol–water partition coefficient (Wildman–Crippen LogP) is 0.505. The molecule has 11 heavy (non-hydrogen) atoms. The highest BCUT2D eigenvalue weighted by atomic mass is 16.6. The molecular formula is C8H16N2O. The fourth-order valence-corrected chi connectivity index (χ4v) is 2.62. The summed E-state index contributed by atoms with van der Waals surface area (Å²) in [5, 5.41) is 0. The van der Waals surface area contributed by atoms with Gasteiger partial charge in [0.05, 0.1) is 6.61 Å². The van der Waals surface area contributed by atoms with Crippen LogP contribution in [0.3, 0.4) is 0 Å². The van der Waals surface area contributed by atoms with Crippen molar-refractivity contribution < 1.29 is 4.84 Å². The smallest absolute Gasteiger partial charge is 0.0863 e. The fraction of sp³-hybridized carbons (Fsp3) is 1.00. The summed E-state index contributed by atoms with van der Waals surface area (Å²) in [5.41, 5.74) is 0.342. The quantitative estimate of drug-likeness (QED) is 0.592. The van der Waals surface area contributed by atoms with Crippen molar-refractivity contribution in [1.29, 1.82) is 0 Å². The van der Waals surface area contributed by atoms with Gasteiger partial charge in [-0.2, -0.15) is 0 Å². The van der Waals surface area contributed by atoms with Crippen LogP contribution in [0.25, 0.3) is 0 Å². The summed E-state index contributed by atoms with van der Waals surface area (Å²) in [6, 6.07) is 0. The summed E-state index contributed by atoms with van der Waals surface area (Å²) in [5.74, 6) is 5.13. The maximum Gasteiger partial charge on any atom is 0.0863 e. The van der Waals surface area contributed by atoms with Crippen molar-refractivity contribution in [1.82, 2.24) is 4.90 Å². The second-order valence-corrected chi connectivity index (χ2v) is 3.73. The maximum atomic E-state index is 5.13. The Bertz CT molecular complexity index is 139. The van der Waals surface area contributed by atoms with E-state index in [2.05, 4.69) is 4.90 Å².